The number of benzene rings is 2. The highest BCUT2D eigenvalue weighted by molar-refractivity contribution is 5.93. The summed E-state index contributed by atoms with van der Waals surface area (Å²) in [6.45, 7) is 1.30. The first-order valence-corrected chi connectivity index (χ1v) is 8.53. The van der Waals surface area contributed by atoms with Gasteiger partial charge in [0.25, 0.3) is 0 Å². The molecule has 2 rings (SSSR count). The third kappa shape index (κ3) is 6.30. The molecule has 0 spiro atoms. The normalized spacial score (nSPS) is 12.3. The molecule has 1 unspecified atom stereocenters. The van der Waals surface area contributed by atoms with Gasteiger partial charge in [-0.1, -0.05) is 30.3 Å². The maximum atomic E-state index is 12.3. The van der Waals surface area contributed by atoms with Crippen LogP contribution in [0.5, 0.6) is 5.75 Å². The summed E-state index contributed by atoms with van der Waals surface area (Å²) in [5.41, 5.74) is 3.32. The minimum atomic E-state index is -2.89. The quantitative estimate of drug-likeness (QED) is 0.738. The number of carbonyl (C=O) groups is 1. The zero-order chi connectivity index (χ0) is 20.0. The molecule has 7 heteroatoms. The average molecular weight is 378 g/mol. The summed E-state index contributed by atoms with van der Waals surface area (Å²) in [6, 6.07) is 11.6. The number of hydrogen-bond acceptors (Lipinski definition) is 4. The van der Waals surface area contributed by atoms with Gasteiger partial charge < -0.3 is 15.2 Å². The van der Waals surface area contributed by atoms with Crippen molar-refractivity contribution < 1.29 is 23.4 Å². The highest BCUT2D eigenvalue weighted by Gasteiger charge is 2.15. The van der Waals surface area contributed by atoms with Gasteiger partial charge >= 0.3 is 6.61 Å². The van der Waals surface area contributed by atoms with Crippen molar-refractivity contribution in [3.8, 4) is 5.75 Å². The molecule has 0 aliphatic carbocycles. The van der Waals surface area contributed by atoms with Gasteiger partial charge in [0.2, 0.25) is 5.91 Å². The smallest absolute Gasteiger partial charge is 0.387 e. The predicted molar refractivity (Wildman–Crippen MR) is 100 cm³/mol. The van der Waals surface area contributed by atoms with Crippen LogP contribution in [0.3, 0.4) is 0 Å². The number of aliphatic hydroxyl groups excluding tert-OH is 1. The molecule has 1 atom stereocenters. The molecule has 27 heavy (non-hydrogen) atoms. The molecule has 5 nitrogen and oxygen atoms in total. The van der Waals surface area contributed by atoms with Crippen molar-refractivity contribution in [2.24, 2.45) is 0 Å². The lowest BCUT2D eigenvalue weighted by molar-refractivity contribution is -0.117. The van der Waals surface area contributed by atoms with Crippen LogP contribution in [0.15, 0.2) is 42.5 Å². The Bertz CT molecular complexity index is 746. The van der Waals surface area contributed by atoms with Crippen molar-refractivity contribution in [2.45, 2.75) is 26.6 Å². The van der Waals surface area contributed by atoms with Crippen molar-refractivity contribution in [1.82, 2.24) is 4.90 Å². The second kappa shape index (κ2) is 9.43. The fourth-order valence-electron chi connectivity index (χ4n) is 2.77. The molecule has 2 N–H and O–H groups in total. The van der Waals surface area contributed by atoms with Crippen LogP contribution in [0.4, 0.5) is 14.5 Å². The van der Waals surface area contributed by atoms with Crippen LogP contribution in [0.25, 0.3) is 0 Å². The van der Waals surface area contributed by atoms with Gasteiger partial charge in [-0.25, -0.2) is 0 Å². The summed E-state index contributed by atoms with van der Waals surface area (Å²) in [5, 5.41) is 13.2. The number of halogens is 2. The third-order valence-corrected chi connectivity index (χ3v) is 4.13. The SMILES string of the molecule is Cc1cccc(C)c1NC(=O)CN(C)CC(O)c1ccc(OC(F)F)cc1. The molecule has 0 heterocycles. The Morgan fingerprint density at radius 1 is 1.15 bits per heavy atom. The highest BCUT2D eigenvalue weighted by Crippen LogP contribution is 2.21. The van der Waals surface area contributed by atoms with Gasteiger partial charge in [0.15, 0.2) is 0 Å². The van der Waals surface area contributed by atoms with E-state index in [9.17, 15) is 18.7 Å². The number of carbonyl (C=O) groups excluding carboxylic acids is 1. The van der Waals surface area contributed by atoms with Crippen LogP contribution in [-0.2, 0) is 4.79 Å². The van der Waals surface area contributed by atoms with Crippen molar-refractivity contribution in [3.05, 3.63) is 59.2 Å². The maximum Gasteiger partial charge on any atom is 0.387 e. The summed E-state index contributed by atoms with van der Waals surface area (Å²) in [4.78, 5) is 14.0. The summed E-state index contributed by atoms with van der Waals surface area (Å²) < 4.78 is 28.6. The molecule has 0 bridgehead atoms. The molecule has 0 saturated carbocycles. The number of ether oxygens (including phenoxy) is 1. The molecule has 0 fully saturated rings. The largest absolute Gasteiger partial charge is 0.435 e. The van der Waals surface area contributed by atoms with Crippen LogP contribution in [0, 0.1) is 13.8 Å². The standard InChI is InChI=1S/C20H24F2N2O3/c1-13-5-4-6-14(2)19(13)23-18(26)12-24(3)11-17(25)15-7-9-16(10-8-15)27-20(21)22/h4-10,17,20,25H,11-12H2,1-3H3,(H,23,26). The van der Waals surface area contributed by atoms with Crippen LogP contribution in [0.2, 0.25) is 0 Å². The van der Waals surface area contributed by atoms with Gasteiger partial charge in [-0.15, -0.1) is 0 Å². The number of aryl methyl sites for hydroxylation is 2. The number of para-hydroxylation sites is 1. The number of amides is 1. The molecule has 1 amide bonds. The van der Waals surface area contributed by atoms with Gasteiger partial charge in [0.1, 0.15) is 5.75 Å². The first-order valence-electron chi connectivity index (χ1n) is 8.53. The highest BCUT2D eigenvalue weighted by atomic mass is 19.3. The van der Waals surface area contributed by atoms with Crippen LogP contribution >= 0.6 is 0 Å². The molecular formula is C20H24F2N2O3. The Morgan fingerprint density at radius 3 is 2.30 bits per heavy atom. The number of aliphatic hydroxyl groups is 1. The molecule has 146 valence electrons. The molecule has 2 aromatic carbocycles. The Balaban J connectivity index is 1.88. The second-order valence-electron chi connectivity index (χ2n) is 6.48. The fourth-order valence-corrected chi connectivity index (χ4v) is 2.77. The van der Waals surface area contributed by atoms with E-state index in [4.69, 9.17) is 0 Å². The number of nitrogens with zero attached hydrogens (tertiary/aromatic N) is 1. The van der Waals surface area contributed by atoms with E-state index < -0.39 is 12.7 Å². The molecular weight excluding hydrogens is 354 g/mol. The van der Waals surface area contributed by atoms with E-state index >= 15 is 0 Å². The van der Waals surface area contributed by atoms with Crippen molar-refractivity contribution >= 4 is 11.6 Å². The average Bonchev–Trinajstić information content (AvgIpc) is 2.58. The van der Waals surface area contributed by atoms with Crippen molar-refractivity contribution in [1.29, 1.82) is 0 Å². The monoisotopic (exact) mass is 378 g/mol. The Hall–Kier alpha value is -2.51. The van der Waals surface area contributed by atoms with Crippen LogP contribution in [-0.4, -0.2) is 42.7 Å². The molecule has 0 aromatic heterocycles. The fraction of sp³-hybridized carbons (Fsp3) is 0.350. The lowest BCUT2D eigenvalue weighted by atomic mass is 10.1. The van der Waals surface area contributed by atoms with Crippen molar-refractivity contribution in [3.63, 3.8) is 0 Å². The molecule has 0 radical (unpaired) electrons. The maximum absolute atomic E-state index is 12.3. The summed E-state index contributed by atoms with van der Waals surface area (Å²) in [5.74, 6) is -0.148. The van der Waals surface area contributed by atoms with E-state index in [0.717, 1.165) is 16.8 Å². The molecule has 0 saturated heterocycles. The van der Waals surface area contributed by atoms with Crippen LogP contribution < -0.4 is 10.1 Å². The van der Waals surface area contributed by atoms with Gasteiger partial charge in [0.05, 0.1) is 12.6 Å². The topological polar surface area (TPSA) is 61.8 Å². The van der Waals surface area contributed by atoms with Gasteiger partial charge in [-0.2, -0.15) is 8.78 Å². The molecule has 2 aromatic rings. The lowest BCUT2D eigenvalue weighted by Crippen LogP contribution is -2.33. The summed E-state index contributed by atoms with van der Waals surface area (Å²) in [7, 11) is 1.72. The van der Waals surface area contributed by atoms with E-state index in [1.807, 2.05) is 32.0 Å². The number of nitrogens with one attached hydrogen (secondary N) is 1. The number of hydrogen-bond donors (Lipinski definition) is 2. The van der Waals surface area contributed by atoms with Gasteiger partial charge in [-0.05, 0) is 49.7 Å². The Morgan fingerprint density at radius 2 is 1.74 bits per heavy atom. The molecule has 0 aliphatic rings. The lowest BCUT2D eigenvalue weighted by Gasteiger charge is -2.21. The first-order chi connectivity index (χ1) is 12.8. The van der Waals surface area contributed by atoms with E-state index in [2.05, 4.69) is 10.1 Å². The van der Waals surface area contributed by atoms with E-state index in [1.54, 1.807) is 11.9 Å². The number of anilines is 1. The van der Waals surface area contributed by atoms with E-state index in [-0.39, 0.29) is 24.7 Å². The van der Waals surface area contributed by atoms with E-state index in [0.29, 0.717) is 5.56 Å². The summed E-state index contributed by atoms with van der Waals surface area (Å²) >= 11 is 0. The number of alkyl halides is 2. The number of likely N-dealkylation sites (N-methyl/N-ethyl adjacent to an activating group) is 1. The minimum Gasteiger partial charge on any atom is -0.435 e. The zero-order valence-electron chi connectivity index (χ0n) is 15.6. The predicted octanol–water partition coefficient (Wildman–Crippen LogP) is 3.51. The minimum absolute atomic E-state index is 0.0299. The van der Waals surface area contributed by atoms with Gasteiger partial charge in [-0.3, -0.25) is 9.69 Å². The van der Waals surface area contributed by atoms with Crippen molar-refractivity contribution in [2.75, 3.05) is 25.5 Å². The third-order valence-electron chi connectivity index (χ3n) is 4.13. The second-order valence-corrected chi connectivity index (χ2v) is 6.48. The Kier molecular flexibility index (Phi) is 7.27. The first kappa shape index (κ1) is 20.8. The van der Waals surface area contributed by atoms with Gasteiger partial charge in [0, 0.05) is 12.2 Å². The molecule has 0 aliphatic heterocycles. The summed E-state index contributed by atoms with van der Waals surface area (Å²) in [6.07, 6.45) is -0.858. The van der Waals surface area contributed by atoms with Crippen LogP contribution in [0.1, 0.15) is 22.8 Å². The number of rotatable bonds is 8. The van der Waals surface area contributed by atoms with E-state index in [1.165, 1.54) is 24.3 Å². The zero-order valence-corrected chi connectivity index (χ0v) is 15.6. The Labute approximate surface area is 157 Å².